The number of amides is 2. The minimum Gasteiger partial charge on any atom is -0.357 e. The van der Waals surface area contributed by atoms with Crippen molar-refractivity contribution in [3.8, 4) is 0 Å². The third kappa shape index (κ3) is 3.49. The molecule has 24 heavy (non-hydrogen) atoms. The number of carbonyl (C=O) groups is 2. The van der Waals surface area contributed by atoms with Gasteiger partial charge < -0.3 is 15.6 Å². The number of hydrogen-bond acceptors (Lipinski definition) is 3. The number of H-pyrrole nitrogens is 1. The summed E-state index contributed by atoms with van der Waals surface area (Å²) in [4.78, 5) is 31.3. The van der Waals surface area contributed by atoms with E-state index in [1.165, 1.54) is 0 Å². The van der Waals surface area contributed by atoms with Gasteiger partial charge in [-0.1, -0.05) is 6.07 Å². The Kier molecular flexibility index (Phi) is 4.38. The fourth-order valence-electron chi connectivity index (χ4n) is 2.25. The Labute approximate surface area is 138 Å². The fraction of sp³-hybridized carbons (Fsp3) is 0.0556. The number of nitrogens with zero attached hydrogens (tertiary/aromatic N) is 1. The van der Waals surface area contributed by atoms with E-state index in [2.05, 4.69) is 20.6 Å². The largest absolute Gasteiger partial charge is 0.357 e. The van der Waals surface area contributed by atoms with Gasteiger partial charge in [-0.25, -0.2) is 0 Å². The van der Waals surface area contributed by atoms with Crippen molar-refractivity contribution in [3.63, 3.8) is 0 Å². The minimum absolute atomic E-state index is 0.253. The molecule has 0 atom stereocenters. The molecule has 2 amide bonds. The van der Waals surface area contributed by atoms with Crippen LogP contribution in [-0.4, -0.2) is 21.8 Å². The molecule has 0 aliphatic heterocycles. The van der Waals surface area contributed by atoms with Crippen LogP contribution in [0.15, 0.2) is 61.1 Å². The summed E-state index contributed by atoms with van der Waals surface area (Å²) in [5.74, 6) is -0.515. The van der Waals surface area contributed by atoms with E-state index in [0.29, 0.717) is 22.6 Å². The maximum absolute atomic E-state index is 12.4. The summed E-state index contributed by atoms with van der Waals surface area (Å²) in [5, 5.41) is 5.55. The van der Waals surface area contributed by atoms with Gasteiger partial charge in [-0.2, -0.15) is 0 Å². The Morgan fingerprint density at radius 3 is 2.54 bits per heavy atom. The molecule has 0 aliphatic rings. The van der Waals surface area contributed by atoms with Crippen LogP contribution in [0.3, 0.4) is 0 Å². The van der Waals surface area contributed by atoms with Crippen LogP contribution < -0.4 is 10.6 Å². The number of pyridine rings is 1. The smallest absolute Gasteiger partial charge is 0.272 e. The highest BCUT2D eigenvalue weighted by atomic mass is 16.2. The van der Waals surface area contributed by atoms with Gasteiger partial charge in [0.15, 0.2) is 0 Å². The molecule has 0 spiro atoms. The van der Waals surface area contributed by atoms with Gasteiger partial charge in [0.25, 0.3) is 11.8 Å². The van der Waals surface area contributed by atoms with E-state index in [1.807, 2.05) is 6.92 Å². The number of rotatable bonds is 4. The molecule has 120 valence electrons. The highest BCUT2D eigenvalue weighted by Crippen LogP contribution is 2.18. The molecule has 0 aliphatic carbocycles. The van der Waals surface area contributed by atoms with E-state index in [4.69, 9.17) is 0 Å². The zero-order chi connectivity index (χ0) is 16.9. The molecule has 0 bridgehead atoms. The topological polar surface area (TPSA) is 86.9 Å². The summed E-state index contributed by atoms with van der Waals surface area (Å²) < 4.78 is 0. The number of aromatic amines is 1. The van der Waals surface area contributed by atoms with Gasteiger partial charge in [0.2, 0.25) is 0 Å². The Hall–Kier alpha value is -3.41. The monoisotopic (exact) mass is 320 g/mol. The summed E-state index contributed by atoms with van der Waals surface area (Å²) in [6.07, 6.45) is 4.89. The van der Waals surface area contributed by atoms with Gasteiger partial charge in [0, 0.05) is 23.6 Å². The van der Waals surface area contributed by atoms with Crippen LogP contribution in [0.5, 0.6) is 0 Å². The lowest BCUT2D eigenvalue weighted by molar-refractivity contribution is 0.101. The Balaban J connectivity index is 1.78. The second-order valence-corrected chi connectivity index (χ2v) is 5.26. The van der Waals surface area contributed by atoms with Crippen LogP contribution in [0.2, 0.25) is 0 Å². The average Bonchev–Trinajstić information content (AvgIpc) is 3.12. The first-order valence-electron chi connectivity index (χ1n) is 7.40. The maximum atomic E-state index is 12.4. The zero-order valence-corrected chi connectivity index (χ0v) is 13.0. The van der Waals surface area contributed by atoms with Crippen LogP contribution >= 0.6 is 0 Å². The Morgan fingerprint density at radius 1 is 1.00 bits per heavy atom. The van der Waals surface area contributed by atoms with Crippen LogP contribution in [-0.2, 0) is 0 Å². The molecule has 6 nitrogen and oxygen atoms in total. The molecule has 2 aromatic heterocycles. The Morgan fingerprint density at radius 2 is 1.83 bits per heavy atom. The zero-order valence-electron chi connectivity index (χ0n) is 13.0. The lowest BCUT2D eigenvalue weighted by Gasteiger charge is -2.10. The van der Waals surface area contributed by atoms with Gasteiger partial charge in [-0.05, 0) is 48.9 Å². The van der Waals surface area contributed by atoms with Crippen LogP contribution in [0.4, 0.5) is 11.4 Å². The van der Waals surface area contributed by atoms with E-state index in [-0.39, 0.29) is 11.8 Å². The number of anilines is 2. The molecule has 6 heteroatoms. The van der Waals surface area contributed by atoms with Crippen molar-refractivity contribution < 1.29 is 9.59 Å². The second-order valence-electron chi connectivity index (χ2n) is 5.26. The lowest BCUT2D eigenvalue weighted by Crippen LogP contribution is -2.16. The van der Waals surface area contributed by atoms with Gasteiger partial charge in [-0.3, -0.25) is 14.6 Å². The molecule has 3 N–H and O–H groups in total. The molecule has 0 radical (unpaired) electrons. The van der Waals surface area contributed by atoms with Crippen molar-refractivity contribution in [2.75, 3.05) is 10.6 Å². The first-order valence-corrected chi connectivity index (χ1v) is 7.40. The molecular weight excluding hydrogens is 304 g/mol. The third-order valence-corrected chi connectivity index (χ3v) is 3.50. The number of carbonyl (C=O) groups excluding carboxylic acids is 2. The summed E-state index contributed by atoms with van der Waals surface area (Å²) in [5.41, 5.74) is 2.92. The minimum atomic E-state index is -0.262. The van der Waals surface area contributed by atoms with Crippen molar-refractivity contribution >= 4 is 23.2 Å². The number of aryl methyl sites for hydroxylation is 1. The molecule has 3 rings (SSSR count). The van der Waals surface area contributed by atoms with Crippen molar-refractivity contribution in [3.05, 3.63) is 77.9 Å². The number of nitrogens with one attached hydrogen (secondary N) is 3. The molecule has 2 heterocycles. The van der Waals surface area contributed by atoms with E-state index in [1.54, 1.807) is 61.1 Å². The third-order valence-electron chi connectivity index (χ3n) is 3.50. The molecule has 0 saturated heterocycles. The van der Waals surface area contributed by atoms with Crippen molar-refractivity contribution in [2.24, 2.45) is 0 Å². The summed E-state index contributed by atoms with van der Waals surface area (Å²) >= 11 is 0. The first-order chi connectivity index (χ1) is 11.6. The van der Waals surface area contributed by atoms with Crippen LogP contribution in [0.25, 0.3) is 0 Å². The fourth-order valence-corrected chi connectivity index (χ4v) is 2.25. The summed E-state index contributed by atoms with van der Waals surface area (Å²) in [6, 6.07) is 12.1. The van der Waals surface area contributed by atoms with Crippen molar-refractivity contribution in [2.45, 2.75) is 6.92 Å². The second kappa shape index (κ2) is 6.78. The number of aromatic nitrogens is 2. The predicted molar refractivity (Wildman–Crippen MR) is 92.1 cm³/mol. The molecule has 3 aromatic rings. The Bertz CT molecular complexity index is 858. The van der Waals surface area contributed by atoms with Crippen LogP contribution in [0, 0.1) is 6.92 Å². The van der Waals surface area contributed by atoms with E-state index in [9.17, 15) is 9.59 Å². The summed E-state index contributed by atoms with van der Waals surface area (Å²) in [7, 11) is 0. The highest BCUT2D eigenvalue weighted by molar-refractivity contribution is 6.07. The predicted octanol–water partition coefficient (Wildman–Crippen LogP) is 3.22. The number of benzene rings is 1. The van der Waals surface area contributed by atoms with Crippen molar-refractivity contribution in [1.29, 1.82) is 0 Å². The lowest BCUT2D eigenvalue weighted by atomic mass is 10.1. The molecule has 0 unspecified atom stereocenters. The normalized spacial score (nSPS) is 10.2. The van der Waals surface area contributed by atoms with E-state index < -0.39 is 0 Å². The van der Waals surface area contributed by atoms with E-state index in [0.717, 1.165) is 5.56 Å². The van der Waals surface area contributed by atoms with Gasteiger partial charge in [0.1, 0.15) is 5.69 Å². The van der Waals surface area contributed by atoms with Gasteiger partial charge >= 0.3 is 0 Å². The molecule has 1 aromatic carbocycles. The van der Waals surface area contributed by atoms with Crippen molar-refractivity contribution in [1.82, 2.24) is 9.97 Å². The highest BCUT2D eigenvalue weighted by Gasteiger charge is 2.12. The van der Waals surface area contributed by atoms with Gasteiger partial charge in [-0.15, -0.1) is 0 Å². The number of hydrogen-bond donors (Lipinski definition) is 3. The van der Waals surface area contributed by atoms with Crippen LogP contribution in [0.1, 0.15) is 26.4 Å². The first kappa shape index (κ1) is 15.5. The quantitative estimate of drug-likeness (QED) is 0.690. The van der Waals surface area contributed by atoms with E-state index >= 15 is 0 Å². The maximum Gasteiger partial charge on any atom is 0.272 e. The average molecular weight is 320 g/mol. The summed E-state index contributed by atoms with van der Waals surface area (Å²) in [6.45, 7) is 1.84. The molecule has 0 fully saturated rings. The standard InChI is InChI=1S/C18H16N4O2/c1-12-6-7-13(21-18(24)16-5-3-9-20-16)10-15(12)17(23)22-14-4-2-8-19-11-14/h2-11,20H,1H3,(H,21,24)(H,22,23). The molecular formula is C18H16N4O2. The SMILES string of the molecule is Cc1ccc(NC(=O)c2ccc[nH]2)cc1C(=O)Nc1cccnc1. The van der Waals surface area contributed by atoms with Gasteiger partial charge in [0.05, 0.1) is 11.9 Å². The molecule has 0 saturated carbocycles.